The highest BCUT2D eigenvalue weighted by Gasteiger charge is 2.45. The van der Waals surface area contributed by atoms with Crippen LogP contribution in [0, 0.1) is 0 Å². The summed E-state index contributed by atoms with van der Waals surface area (Å²) in [5, 5.41) is 21.1. The van der Waals surface area contributed by atoms with E-state index in [0.717, 1.165) is 16.5 Å². The number of anilines is 4. The number of benzene rings is 1. The number of morpholine rings is 1. The Balaban J connectivity index is 0.970. The summed E-state index contributed by atoms with van der Waals surface area (Å²) >= 11 is 0. The van der Waals surface area contributed by atoms with Crippen molar-refractivity contribution in [2.45, 2.75) is 43.4 Å². The molecule has 0 bridgehead atoms. The van der Waals surface area contributed by atoms with Gasteiger partial charge in [-0.25, -0.2) is 13.6 Å². The fraction of sp³-hybridized carbons (Fsp3) is 0.464. The maximum Gasteiger partial charge on any atom is 0.280 e. The van der Waals surface area contributed by atoms with E-state index in [1.54, 1.807) is 16.8 Å². The van der Waals surface area contributed by atoms with Crippen molar-refractivity contribution < 1.29 is 65.7 Å². The quantitative estimate of drug-likeness (QED) is 0.0672. The minimum Gasteiger partial charge on any atom is -0.756 e. The van der Waals surface area contributed by atoms with Crippen LogP contribution in [0.15, 0.2) is 46.2 Å². The van der Waals surface area contributed by atoms with Crippen LogP contribution in [0.25, 0.3) is 11.2 Å². The standard InChI is InChI=1S/C28H38N11O16P3/c1-36-13-39(23-19(36)25(43)35-28(30)33-23)17-9-37(7-14-5-3-2-4-6-14)8-15(52-17)10-50-56(44,45)54-58(48,49)55-57(46,47)51-11-16-20(40)21(41)26(53-16)38-12-31-18-22(38)32-27(29)34-24(18)42/h2-6,12,15-17,20-21,26,40-41H,7-11,13H2,1H3,(H,44,45)(H,46,47)(H,48,49)(H3,29,32,34,42)(H3,30,33,35,43)/p-3/t15?,16?,17?,20-,21-,26?/m1/s1. The number of hydrogen-bond donors (Lipinski definition) is 6. The SMILES string of the molecule is CN1CN(C2CN(Cc3ccccc3)CC(COP(=O)([O-])OP(=O)([O-])OP(=O)([O-])OCC3OC(n4cnc5c(=O)[nH]c(N)nc54)[C@H](O)[C@@H]3O)O2)c2nc(N)[nH]c(=O)c21. The van der Waals surface area contributed by atoms with Crippen molar-refractivity contribution >= 4 is 58.0 Å². The smallest absolute Gasteiger partial charge is 0.280 e. The van der Waals surface area contributed by atoms with Crippen LogP contribution in [-0.2, 0) is 47.4 Å². The Morgan fingerprint density at radius 3 is 2.26 bits per heavy atom. The number of aliphatic hydroxyl groups excluding tert-OH is 2. The maximum atomic E-state index is 12.7. The lowest BCUT2D eigenvalue weighted by atomic mass is 10.1. The number of nitrogens with zero attached hydrogens (tertiary/aromatic N) is 7. The predicted molar refractivity (Wildman–Crippen MR) is 191 cm³/mol. The molecule has 30 heteroatoms. The van der Waals surface area contributed by atoms with Gasteiger partial charge >= 0.3 is 0 Å². The molecule has 3 aliphatic heterocycles. The van der Waals surface area contributed by atoms with E-state index in [-0.39, 0.29) is 54.3 Å². The first-order chi connectivity index (χ1) is 27.3. The van der Waals surface area contributed by atoms with Crippen LogP contribution in [0.3, 0.4) is 0 Å². The van der Waals surface area contributed by atoms with E-state index in [2.05, 4.69) is 38.1 Å². The van der Waals surface area contributed by atoms with Gasteiger partial charge in [0, 0.05) is 26.7 Å². The average Bonchev–Trinajstić information content (AvgIpc) is 3.78. The van der Waals surface area contributed by atoms with E-state index in [4.69, 9.17) is 25.5 Å². The Bertz CT molecular complexity index is 2420. The number of fused-ring (bicyclic) bond motifs is 2. The van der Waals surface area contributed by atoms with Crippen molar-refractivity contribution in [3.05, 3.63) is 62.9 Å². The maximum absolute atomic E-state index is 12.7. The van der Waals surface area contributed by atoms with Crippen LogP contribution >= 0.6 is 23.5 Å². The monoisotopic (exact) mass is 874 g/mol. The van der Waals surface area contributed by atoms with Crippen LogP contribution in [0.1, 0.15) is 11.8 Å². The van der Waals surface area contributed by atoms with Crippen molar-refractivity contribution in [3.8, 4) is 0 Å². The van der Waals surface area contributed by atoms with Gasteiger partial charge in [-0.15, -0.1) is 0 Å². The van der Waals surface area contributed by atoms with Gasteiger partial charge < -0.3 is 64.7 Å². The number of rotatable bonds is 14. The highest BCUT2D eigenvalue weighted by Crippen LogP contribution is 2.63. The zero-order valence-corrected chi connectivity index (χ0v) is 32.6. The molecule has 3 aromatic heterocycles. The van der Waals surface area contributed by atoms with Crippen molar-refractivity contribution in [1.29, 1.82) is 0 Å². The number of phosphoric acid groups is 3. The lowest BCUT2D eigenvalue weighted by Gasteiger charge is -2.42. The summed E-state index contributed by atoms with van der Waals surface area (Å²) in [4.78, 5) is 84.3. The van der Waals surface area contributed by atoms with Gasteiger partial charge in [0.2, 0.25) is 11.9 Å². The summed E-state index contributed by atoms with van der Waals surface area (Å²) in [5.41, 5.74) is 10.9. The molecule has 316 valence electrons. The molecule has 27 nitrogen and oxygen atoms in total. The first kappa shape index (κ1) is 42.0. The lowest BCUT2D eigenvalue weighted by Crippen LogP contribution is -2.55. The number of aromatic nitrogens is 6. The van der Waals surface area contributed by atoms with Crippen molar-refractivity contribution in [1.82, 2.24) is 34.4 Å². The van der Waals surface area contributed by atoms with Crippen LogP contribution in [0.2, 0.25) is 0 Å². The Hall–Kier alpha value is -4.14. The zero-order chi connectivity index (χ0) is 41.7. The fourth-order valence-corrected chi connectivity index (χ4v) is 10.0. The molecule has 0 aliphatic carbocycles. The molecule has 0 amide bonds. The summed E-state index contributed by atoms with van der Waals surface area (Å²) in [7, 11) is -16.6. The van der Waals surface area contributed by atoms with E-state index in [9.17, 15) is 48.2 Å². The topological polar surface area (TPSA) is 387 Å². The third-order valence-electron chi connectivity index (χ3n) is 9.01. The minimum atomic E-state index is -6.31. The van der Waals surface area contributed by atoms with Crippen molar-refractivity contribution in [2.75, 3.05) is 61.3 Å². The Morgan fingerprint density at radius 1 is 0.897 bits per heavy atom. The molecule has 7 rings (SSSR count). The highest BCUT2D eigenvalue weighted by atomic mass is 31.3. The van der Waals surface area contributed by atoms with Gasteiger partial charge in [-0.1, -0.05) is 30.3 Å². The molecule has 7 unspecified atom stereocenters. The molecule has 0 radical (unpaired) electrons. The molecule has 8 N–H and O–H groups in total. The van der Waals surface area contributed by atoms with Gasteiger partial charge in [0.25, 0.3) is 34.6 Å². The molecule has 1 aromatic carbocycles. The van der Waals surface area contributed by atoms with E-state index in [0.29, 0.717) is 6.54 Å². The van der Waals surface area contributed by atoms with E-state index in [1.807, 2.05) is 35.2 Å². The second-order valence-corrected chi connectivity index (χ2v) is 17.7. The van der Waals surface area contributed by atoms with Crippen LogP contribution in [-0.4, -0.2) is 115 Å². The van der Waals surface area contributed by atoms with E-state index < -0.39 is 84.7 Å². The van der Waals surface area contributed by atoms with E-state index in [1.165, 1.54) is 0 Å². The Morgan fingerprint density at radius 2 is 1.55 bits per heavy atom. The molecular weight excluding hydrogens is 839 g/mol. The van der Waals surface area contributed by atoms with Crippen LogP contribution in [0.4, 0.5) is 23.4 Å². The minimum absolute atomic E-state index is 0.0621. The second kappa shape index (κ2) is 16.1. The lowest BCUT2D eigenvalue weighted by molar-refractivity contribution is -0.253. The third kappa shape index (κ3) is 9.18. The van der Waals surface area contributed by atoms with Gasteiger partial charge in [-0.3, -0.25) is 42.7 Å². The summed E-state index contributed by atoms with van der Waals surface area (Å²) < 4.78 is 67.6. The molecule has 9 atom stereocenters. The average molecular weight is 875 g/mol. The molecule has 0 saturated carbocycles. The zero-order valence-electron chi connectivity index (χ0n) is 29.9. The number of phosphoric ester groups is 2. The molecule has 6 heterocycles. The van der Waals surface area contributed by atoms with Crippen LogP contribution < -0.4 is 47.1 Å². The summed E-state index contributed by atoms with van der Waals surface area (Å²) in [6, 6.07) is 9.22. The first-order valence-corrected chi connectivity index (χ1v) is 21.3. The summed E-state index contributed by atoms with van der Waals surface area (Å²) in [6.45, 7) is -1.18. The Labute approximate surface area is 325 Å². The van der Waals surface area contributed by atoms with Gasteiger partial charge in [-0.2, -0.15) is 9.97 Å². The van der Waals surface area contributed by atoms with Crippen molar-refractivity contribution in [3.63, 3.8) is 0 Å². The van der Waals surface area contributed by atoms with Gasteiger partial charge in [0.15, 0.2) is 23.2 Å². The summed E-state index contributed by atoms with van der Waals surface area (Å²) in [6.07, 6.45) is -7.69. The second-order valence-electron chi connectivity index (χ2n) is 13.2. The number of nitrogens with two attached hydrogens (primary N) is 2. The van der Waals surface area contributed by atoms with Gasteiger partial charge in [0.05, 0.1) is 32.3 Å². The van der Waals surface area contributed by atoms with Crippen molar-refractivity contribution in [2.24, 2.45) is 0 Å². The van der Waals surface area contributed by atoms with E-state index >= 15 is 0 Å². The molecule has 4 aromatic rings. The van der Waals surface area contributed by atoms with Gasteiger partial charge in [0.1, 0.15) is 30.2 Å². The van der Waals surface area contributed by atoms with Crippen LogP contribution in [0.5, 0.6) is 0 Å². The molecule has 0 spiro atoms. The molecule has 2 fully saturated rings. The molecular formula is C28H35N11O16P3-3. The first-order valence-electron chi connectivity index (χ1n) is 17.0. The number of aliphatic hydroxyl groups is 2. The third-order valence-corrected chi connectivity index (χ3v) is 13.1. The molecule has 58 heavy (non-hydrogen) atoms. The number of imidazole rings is 1. The molecule has 2 saturated heterocycles. The number of nitrogens with one attached hydrogen (secondary N) is 2. The summed E-state index contributed by atoms with van der Waals surface area (Å²) in [5.74, 6) is -0.252. The Kier molecular flexibility index (Phi) is 11.7. The normalized spacial score (nSPS) is 27.0. The fourth-order valence-electron chi connectivity index (χ4n) is 6.61. The highest BCUT2D eigenvalue weighted by molar-refractivity contribution is 7.65. The number of hydrogen-bond acceptors (Lipinski definition) is 24. The largest absolute Gasteiger partial charge is 0.756 e. The number of H-pyrrole nitrogens is 2. The van der Waals surface area contributed by atoms with Gasteiger partial charge in [-0.05, 0) is 5.56 Å². The number of ether oxygens (including phenoxy) is 2. The predicted octanol–water partition coefficient (Wildman–Crippen LogP) is -3.40. The molecule has 3 aliphatic rings. The number of nitrogen functional groups attached to an aromatic ring is 2. The number of aromatic amines is 2.